The van der Waals surface area contributed by atoms with Gasteiger partial charge in [-0.2, -0.15) is 0 Å². The van der Waals surface area contributed by atoms with Gasteiger partial charge in [-0.05, 0) is 55.3 Å². The Morgan fingerprint density at radius 2 is 0.917 bits per heavy atom. The van der Waals surface area contributed by atoms with Crippen LogP contribution in [0.25, 0.3) is 0 Å². The summed E-state index contributed by atoms with van der Waals surface area (Å²) in [6.07, 6.45) is 8.61. The minimum Gasteiger partial charge on any atom is -0.396 e. The van der Waals surface area contributed by atoms with E-state index < -0.39 is 0 Å². The molecule has 0 rings (SSSR count). The first-order chi connectivity index (χ1) is 16.6. The van der Waals surface area contributed by atoms with Crippen molar-refractivity contribution < 1.29 is 20.4 Å². The van der Waals surface area contributed by atoms with Crippen LogP contribution < -0.4 is 0 Å². The lowest BCUT2D eigenvalue weighted by molar-refractivity contribution is 0.114. The SMILES string of the molecule is CC(C)CC(CO)CO.CCC.CCC.CCC.CCC(C)(CO)CC(C)C.CCC(O)CC(C)C. The van der Waals surface area contributed by atoms with Gasteiger partial charge in [-0.1, -0.05) is 123 Å². The van der Waals surface area contributed by atoms with E-state index >= 15 is 0 Å². The van der Waals surface area contributed by atoms with Crippen molar-refractivity contribution in [3.63, 3.8) is 0 Å². The Balaban J connectivity index is -0.0000000806. The zero-order chi connectivity index (χ0) is 30.2. The molecule has 2 atom stereocenters. The molecule has 4 N–H and O–H groups in total. The maximum Gasteiger partial charge on any atom is 0.0540 e. The van der Waals surface area contributed by atoms with Crippen LogP contribution in [0.2, 0.25) is 0 Å². The summed E-state index contributed by atoms with van der Waals surface area (Å²) in [7, 11) is 0. The molecule has 0 saturated heterocycles. The fraction of sp³-hybridized carbons (Fsp3) is 1.00. The van der Waals surface area contributed by atoms with Crippen LogP contribution in [0.3, 0.4) is 0 Å². The molecule has 0 fully saturated rings. The zero-order valence-corrected chi connectivity index (χ0v) is 28.0. The van der Waals surface area contributed by atoms with E-state index in [-0.39, 0.29) is 30.7 Å². The van der Waals surface area contributed by atoms with Gasteiger partial charge in [0.15, 0.2) is 0 Å². The van der Waals surface area contributed by atoms with Gasteiger partial charge in [-0.25, -0.2) is 0 Å². The number of aliphatic hydroxyl groups excluding tert-OH is 4. The summed E-state index contributed by atoms with van der Waals surface area (Å²) in [4.78, 5) is 0. The van der Waals surface area contributed by atoms with E-state index in [1.54, 1.807) is 0 Å². The highest BCUT2D eigenvalue weighted by molar-refractivity contribution is 4.72. The van der Waals surface area contributed by atoms with Crippen LogP contribution in [0.15, 0.2) is 0 Å². The average molecular weight is 525 g/mol. The Morgan fingerprint density at radius 3 is 1.00 bits per heavy atom. The lowest BCUT2D eigenvalue weighted by Crippen LogP contribution is -2.22. The van der Waals surface area contributed by atoms with E-state index in [1.165, 1.54) is 19.3 Å². The first-order valence-corrected chi connectivity index (χ1v) is 15.2. The quantitative estimate of drug-likeness (QED) is 0.217. The molecule has 0 aliphatic heterocycles. The monoisotopic (exact) mass is 525 g/mol. The van der Waals surface area contributed by atoms with Gasteiger partial charge in [-0.3, -0.25) is 0 Å². The highest BCUT2D eigenvalue weighted by Crippen LogP contribution is 2.28. The molecule has 0 heterocycles. The standard InChI is InChI=1S/C9H20O.C7H16O2.C7H16O.3C3H8/c1-5-9(4,7-10)6-8(2)3;1-6(2)3-7(4-8)5-9;1-4-7(8)5-6(2)3;3*1-3-2/h8,10H,5-7H2,1-4H3;6-9H,3-5H2,1-2H3;6-8H,4-5H2,1-3H3;3*3H2,1-2H3. The fourth-order valence-electron chi connectivity index (χ4n) is 2.89. The van der Waals surface area contributed by atoms with Crippen molar-refractivity contribution in [3.8, 4) is 0 Å². The highest BCUT2D eigenvalue weighted by atomic mass is 16.3. The van der Waals surface area contributed by atoms with Crippen LogP contribution in [-0.4, -0.2) is 46.4 Å². The van der Waals surface area contributed by atoms with Crippen LogP contribution in [0, 0.1) is 29.1 Å². The molecule has 0 aromatic heterocycles. The lowest BCUT2D eigenvalue weighted by atomic mass is 9.81. The first-order valence-electron chi connectivity index (χ1n) is 15.2. The summed E-state index contributed by atoms with van der Waals surface area (Å²) >= 11 is 0. The largest absolute Gasteiger partial charge is 0.396 e. The van der Waals surface area contributed by atoms with E-state index in [4.69, 9.17) is 20.4 Å². The van der Waals surface area contributed by atoms with Gasteiger partial charge in [0.25, 0.3) is 0 Å². The molecular weight excluding hydrogens is 448 g/mol. The second-order valence-corrected chi connectivity index (χ2v) is 11.6. The highest BCUT2D eigenvalue weighted by Gasteiger charge is 2.21. The maximum absolute atomic E-state index is 9.03. The molecule has 0 aromatic rings. The molecule has 0 aliphatic rings. The normalized spacial score (nSPS) is 12.4. The zero-order valence-electron chi connectivity index (χ0n) is 28.0. The van der Waals surface area contributed by atoms with Gasteiger partial charge < -0.3 is 20.4 Å². The minimum absolute atomic E-state index is 0.0741. The molecule has 0 radical (unpaired) electrons. The number of rotatable bonds is 11. The van der Waals surface area contributed by atoms with Gasteiger partial charge in [-0.15, -0.1) is 0 Å². The van der Waals surface area contributed by atoms with Crippen LogP contribution >= 0.6 is 0 Å². The molecular formula is C32H76O4. The lowest BCUT2D eigenvalue weighted by Gasteiger charge is -2.27. The van der Waals surface area contributed by atoms with Gasteiger partial charge >= 0.3 is 0 Å². The summed E-state index contributed by atoms with van der Waals surface area (Å²) < 4.78 is 0. The fourth-order valence-corrected chi connectivity index (χ4v) is 2.89. The Labute approximate surface area is 230 Å². The van der Waals surface area contributed by atoms with E-state index in [1.807, 2.05) is 6.92 Å². The van der Waals surface area contributed by atoms with Crippen molar-refractivity contribution in [2.75, 3.05) is 19.8 Å². The molecule has 0 amide bonds. The summed E-state index contributed by atoms with van der Waals surface area (Å²) in [6.45, 7) is 32.4. The summed E-state index contributed by atoms with van der Waals surface area (Å²) in [5, 5.41) is 35.3. The predicted molar refractivity (Wildman–Crippen MR) is 166 cm³/mol. The molecule has 36 heavy (non-hydrogen) atoms. The number of hydrogen-bond acceptors (Lipinski definition) is 4. The second kappa shape index (κ2) is 39.4. The van der Waals surface area contributed by atoms with Crippen molar-refractivity contribution >= 4 is 0 Å². The third-order valence-corrected chi connectivity index (χ3v) is 4.67. The van der Waals surface area contributed by atoms with Crippen molar-refractivity contribution in [1.82, 2.24) is 0 Å². The van der Waals surface area contributed by atoms with Crippen LogP contribution in [-0.2, 0) is 0 Å². The third kappa shape index (κ3) is 59.1. The van der Waals surface area contributed by atoms with Crippen molar-refractivity contribution in [2.45, 2.75) is 161 Å². The number of aliphatic hydroxyl groups is 4. The molecule has 2 unspecified atom stereocenters. The van der Waals surface area contributed by atoms with Gasteiger partial charge in [0.1, 0.15) is 0 Å². The molecule has 0 aliphatic carbocycles. The molecule has 228 valence electrons. The van der Waals surface area contributed by atoms with Crippen molar-refractivity contribution in [3.05, 3.63) is 0 Å². The average Bonchev–Trinajstić information content (AvgIpc) is 2.78. The molecule has 4 heteroatoms. The van der Waals surface area contributed by atoms with Gasteiger partial charge in [0.05, 0.1) is 6.10 Å². The molecule has 0 spiro atoms. The predicted octanol–water partition coefficient (Wildman–Crippen LogP) is 9.13. The Morgan fingerprint density at radius 1 is 0.583 bits per heavy atom. The topological polar surface area (TPSA) is 80.9 Å². The van der Waals surface area contributed by atoms with E-state index in [0.29, 0.717) is 24.4 Å². The molecule has 0 bridgehead atoms. The van der Waals surface area contributed by atoms with Crippen LogP contribution in [0.4, 0.5) is 0 Å². The number of hydrogen-bond donors (Lipinski definition) is 4. The smallest absolute Gasteiger partial charge is 0.0540 e. The summed E-state index contributed by atoms with van der Waals surface area (Å²) in [6, 6.07) is 0. The minimum atomic E-state index is -0.0741. The summed E-state index contributed by atoms with van der Waals surface area (Å²) in [5.74, 6) is 1.97. The van der Waals surface area contributed by atoms with Gasteiger partial charge in [0.2, 0.25) is 0 Å². The third-order valence-electron chi connectivity index (χ3n) is 4.67. The van der Waals surface area contributed by atoms with E-state index in [2.05, 4.69) is 96.9 Å². The molecule has 0 aromatic carbocycles. The van der Waals surface area contributed by atoms with E-state index in [0.717, 1.165) is 32.1 Å². The molecule has 4 nitrogen and oxygen atoms in total. The summed E-state index contributed by atoms with van der Waals surface area (Å²) in [5.41, 5.74) is 0.161. The van der Waals surface area contributed by atoms with E-state index in [9.17, 15) is 0 Å². The van der Waals surface area contributed by atoms with Crippen LogP contribution in [0.1, 0.15) is 155 Å². The first kappa shape index (κ1) is 48.9. The van der Waals surface area contributed by atoms with Crippen molar-refractivity contribution in [1.29, 1.82) is 0 Å². The van der Waals surface area contributed by atoms with Crippen molar-refractivity contribution in [2.24, 2.45) is 29.1 Å². The maximum atomic E-state index is 9.03. The van der Waals surface area contributed by atoms with Gasteiger partial charge in [0, 0.05) is 25.7 Å². The Bertz CT molecular complexity index is 317. The Kier molecular flexibility index (Phi) is 53.4. The second-order valence-electron chi connectivity index (χ2n) is 11.6. The van der Waals surface area contributed by atoms with Crippen LogP contribution in [0.5, 0.6) is 0 Å². The molecule has 0 saturated carbocycles. The Hall–Kier alpha value is -0.160.